The van der Waals surface area contributed by atoms with Crippen molar-refractivity contribution in [2.75, 3.05) is 18.1 Å². The van der Waals surface area contributed by atoms with Gasteiger partial charge < -0.3 is 10.7 Å². The lowest BCUT2D eigenvalue weighted by Gasteiger charge is -2.33. The van der Waals surface area contributed by atoms with Crippen molar-refractivity contribution in [3.8, 4) is 11.4 Å². The number of aromatic nitrogens is 3. The van der Waals surface area contributed by atoms with E-state index in [-0.39, 0.29) is 17.5 Å². The van der Waals surface area contributed by atoms with Crippen molar-refractivity contribution >= 4 is 17.7 Å². The maximum absolute atomic E-state index is 13.4. The molecular formula is C18H24FN5OS. The molecule has 0 saturated heterocycles. The highest BCUT2D eigenvalue weighted by Gasteiger charge is 2.24. The van der Waals surface area contributed by atoms with Crippen molar-refractivity contribution < 1.29 is 9.18 Å². The maximum atomic E-state index is 13.4. The van der Waals surface area contributed by atoms with Crippen molar-refractivity contribution in [1.29, 1.82) is 0 Å². The number of carbonyl (C=O) groups is 1. The zero-order chi connectivity index (χ0) is 18.5. The van der Waals surface area contributed by atoms with Crippen LogP contribution in [0.1, 0.15) is 39.0 Å². The summed E-state index contributed by atoms with van der Waals surface area (Å²) >= 11 is 1.26. The van der Waals surface area contributed by atoms with Crippen LogP contribution in [0.5, 0.6) is 0 Å². The quantitative estimate of drug-likeness (QED) is 0.618. The minimum atomic E-state index is -0.360. The van der Waals surface area contributed by atoms with E-state index < -0.39 is 0 Å². The molecule has 1 saturated carbocycles. The van der Waals surface area contributed by atoms with E-state index >= 15 is 0 Å². The van der Waals surface area contributed by atoms with Gasteiger partial charge in [-0.05, 0) is 31.9 Å². The lowest BCUT2D eigenvalue weighted by molar-refractivity contribution is -0.131. The molecule has 0 unspecified atom stereocenters. The van der Waals surface area contributed by atoms with Crippen LogP contribution in [0.15, 0.2) is 29.4 Å². The summed E-state index contributed by atoms with van der Waals surface area (Å²) < 4.78 is 14.7. The highest BCUT2D eigenvalue weighted by Crippen LogP contribution is 2.25. The smallest absolute Gasteiger partial charge is 0.233 e. The lowest BCUT2D eigenvalue weighted by atomic mass is 9.94. The third-order valence-corrected chi connectivity index (χ3v) is 5.68. The number of nitrogen functional groups attached to an aromatic ring is 1. The van der Waals surface area contributed by atoms with Crippen molar-refractivity contribution in [2.45, 2.75) is 50.2 Å². The first-order chi connectivity index (χ1) is 12.6. The number of thioether (sulfide) groups is 1. The Labute approximate surface area is 156 Å². The van der Waals surface area contributed by atoms with E-state index in [0.29, 0.717) is 29.1 Å². The molecule has 1 aliphatic carbocycles. The fourth-order valence-electron chi connectivity index (χ4n) is 3.44. The summed E-state index contributed by atoms with van der Waals surface area (Å²) in [4.78, 5) is 14.6. The number of halogens is 1. The van der Waals surface area contributed by atoms with Gasteiger partial charge in [-0.1, -0.05) is 43.2 Å². The number of nitrogens with zero attached hydrogens (tertiary/aromatic N) is 4. The van der Waals surface area contributed by atoms with Crippen molar-refractivity contribution in [2.24, 2.45) is 0 Å². The first-order valence-corrected chi connectivity index (χ1v) is 9.97. The van der Waals surface area contributed by atoms with Crippen LogP contribution in [0.25, 0.3) is 11.4 Å². The normalized spacial score (nSPS) is 15.2. The summed E-state index contributed by atoms with van der Waals surface area (Å²) in [7, 11) is 0. The molecule has 8 heteroatoms. The van der Waals surface area contributed by atoms with E-state index in [1.54, 1.807) is 12.1 Å². The molecule has 0 radical (unpaired) electrons. The molecule has 2 aromatic rings. The zero-order valence-electron chi connectivity index (χ0n) is 14.9. The van der Waals surface area contributed by atoms with Gasteiger partial charge in [0.2, 0.25) is 11.1 Å². The minimum Gasteiger partial charge on any atom is -0.339 e. The zero-order valence-corrected chi connectivity index (χ0v) is 15.7. The third-order valence-electron chi connectivity index (χ3n) is 4.75. The van der Waals surface area contributed by atoms with Gasteiger partial charge in [0.25, 0.3) is 0 Å². The van der Waals surface area contributed by atoms with Crippen molar-refractivity contribution in [1.82, 2.24) is 19.8 Å². The molecule has 3 rings (SSSR count). The van der Waals surface area contributed by atoms with E-state index in [9.17, 15) is 9.18 Å². The summed E-state index contributed by atoms with van der Waals surface area (Å²) in [5, 5.41) is 8.53. The number of nitrogens with two attached hydrogens (primary N) is 1. The molecule has 1 aliphatic rings. The lowest BCUT2D eigenvalue weighted by Crippen LogP contribution is -2.42. The van der Waals surface area contributed by atoms with Crippen molar-refractivity contribution in [3.63, 3.8) is 0 Å². The van der Waals surface area contributed by atoms with Crippen molar-refractivity contribution in [3.05, 3.63) is 30.1 Å². The average Bonchev–Trinajstić information content (AvgIpc) is 3.02. The molecule has 0 atom stereocenters. The Morgan fingerprint density at radius 3 is 2.81 bits per heavy atom. The number of hydrogen-bond donors (Lipinski definition) is 1. The van der Waals surface area contributed by atoms with Crippen LogP contribution < -0.4 is 5.84 Å². The van der Waals surface area contributed by atoms with Crippen LogP contribution in [0, 0.1) is 5.82 Å². The van der Waals surface area contributed by atoms with Crippen LogP contribution in [-0.2, 0) is 4.79 Å². The molecule has 1 aromatic heterocycles. The Hall–Kier alpha value is -2.09. The summed E-state index contributed by atoms with van der Waals surface area (Å²) in [5.74, 6) is 6.42. The second-order valence-electron chi connectivity index (χ2n) is 6.45. The monoisotopic (exact) mass is 377 g/mol. The predicted octanol–water partition coefficient (Wildman–Crippen LogP) is 3.07. The second kappa shape index (κ2) is 8.53. The van der Waals surface area contributed by atoms with Crippen LogP contribution in [0.4, 0.5) is 4.39 Å². The van der Waals surface area contributed by atoms with Gasteiger partial charge >= 0.3 is 0 Å². The Balaban J connectivity index is 1.65. The molecule has 6 nitrogen and oxygen atoms in total. The minimum absolute atomic E-state index is 0.0969. The maximum Gasteiger partial charge on any atom is 0.233 e. The number of benzene rings is 1. The van der Waals surface area contributed by atoms with Gasteiger partial charge in [0, 0.05) is 18.2 Å². The van der Waals surface area contributed by atoms with Crippen LogP contribution in [-0.4, -0.2) is 44.0 Å². The number of hydrogen-bond acceptors (Lipinski definition) is 5. The van der Waals surface area contributed by atoms with E-state index in [2.05, 4.69) is 10.2 Å². The molecule has 1 fully saturated rings. The van der Waals surface area contributed by atoms with Gasteiger partial charge in [-0.2, -0.15) is 0 Å². The van der Waals surface area contributed by atoms with Gasteiger partial charge in [0.15, 0.2) is 5.82 Å². The van der Waals surface area contributed by atoms with Crippen LogP contribution in [0.3, 0.4) is 0 Å². The molecule has 1 heterocycles. The molecule has 2 N–H and O–H groups in total. The molecule has 0 spiro atoms. The summed E-state index contributed by atoms with van der Waals surface area (Å²) in [6.45, 7) is 2.73. The number of rotatable bonds is 6. The standard InChI is InChI=1S/C18H24FN5OS/c1-2-23(15-9-4-3-5-10-15)16(25)12-26-18-22-21-17(24(18)20)13-7-6-8-14(19)11-13/h6-8,11,15H,2-5,9-10,12,20H2,1H3. The van der Waals surface area contributed by atoms with Gasteiger partial charge in [0.05, 0.1) is 5.75 Å². The Bertz CT molecular complexity index is 760. The first kappa shape index (κ1) is 18.7. The SMILES string of the molecule is CCN(C(=O)CSc1nnc(-c2cccc(F)c2)n1N)C1CCCCC1. The fourth-order valence-corrected chi connectivity index (χ4v) is 4.18. The van der Waals surface area contributed by atoms with Gasteiger partial charge in [-0.25, -0.2) is 9.07 Å². The Morgan fingerprint density at radius 1 is 1.35 bits per heavy atom. The average molecular weight is 377 g/mol. The fraction of sp³-hybridized carbons (Fsp3) is 0.500. The Kier molecular flexibility index (Phi) is 6.13. The number of amides is 1. The molecule has 140 valence electrons. The molecule has 0 bridgehead atoms. The highest BCUT2D eigenvalue weighted by atomic mass is 32.2. The van der Waals surface area contributed by atoms with Gasteiger partial charge in [-0.15, -0.1) is 10.2 Å². The Morgan fingerprint density at radius 2 is 2.12 bits per heavy atom. The van der Waals surface area contributed by atoms with E-state index in [4.69, 9.17) is 5.84 Å². The molecule has 0 aliphatic heterocycles. The number of carbonyl (C=O) groups excluding carboxylic acids is 1. The van der Waals surface area contributed by atoms with Crippen LogP contribution in [0.2, 0.25) is 0 Å². The van der Waals surface area contributed by atoms with E-state index in [1.807, 2.05) is 11.8 Å². The van der Waals surface area contributed by atoms with Crippen LogP contribution >= 0.6 is 11.8 Å². The first-order valence-electron chi connectivity index (χ1n) is 8.99. The summed E-state index contributed by atoms with van der Waals surface area (Å²) in [5.41, 5.74) is 0.551. The molecule has 1 aromatic carbocycles. The summed E-state index contributed by atoms with van der Waals surface area (Å²) in [6.07, 6.45) is 5.81. The van der Waals surface area contributed by atoms with Gasteiger partial charge in [0.1, 0.15) is 5.82 Å². The summed E-state index contributed by atoms with van der Waals surface area (Å²) in [6, 6.07) is 6.38. The van der Waals surface area contributed by atoms with E-state index in [0.717, 1.165) is 12.8 Å². The third kappa shape index (κ3) is 4.17. The molecule has 26 heavy (non-hydrogen) atoms. The van der Waals surface area contributed by atoms with Gasteiger partial charge in [-0.3, -0.25) is 4.79 Å². The van der Waals surface area contributed by atoms with E-state index in [1.165, 1.54) is 47.8 Å². The highest BCUT2D eigenvalue weighted by molar-refractivity contribution is 7.99. The molecule has 1 amide bonds. The molecular weight excluding hydrogens is 353 g/mol. The topological polar surface area (TPSA) is 77.0 Å². The second-order valence-corrected chi connectivity index (χ2v) is 7.39. The largest absolute Gasteiger partial charge is 0.339 e. The predicted molar refractivity (Wildman–Crippen MR) is 101 cm³/mol.